The molecule has 1 atom stereocenters. The summed E-state index contributed by atoms with van der Waals surface area (Å²) in [5.74, 6) is 2.77. The fraction of sp³-hybridized carbons (Fsp3) is 0.458. The van der Waals surface area contributed by atoms with Crippen molar-refractivity contribution in [3.05, 3.63) is 59.2 Å². The monoisotopic (exact) mass is 410 g/mol. The topological polar surface area (TPSA) is 58.1 Å². The molecule has 6 heteroatoms. The SMILES string of the molecule is CCNC(=NCC(c1ccccc1OC)N(C)C)NCCc1ccc2c(c1)CCO2. The summed E-state index contributed by atoms with van der Waals surface area (Å²) in [5.41, 5.74) is 3.78. The van der Waals surface area contributed by atoms with E-state index in [1.54, 1.807) is 7.11 Å². The van der Waals surface area contributed by atoms with Crippen LogP contribution in [-0.4, -0.2) is 58.3 Å². The van der Waals surface area contributed by atoms with Crippen molar-refractivity contribution in [3.8, 4) is 11.5 Å². The minimum Gasteiger partial charge on any atom is -0.496 e. The van der Waals surface area contributed by atoms with Crippen LogP contribution in [0.1, 0.15) is 29.7 Å². The maximum Gasteiger partial charge on any atom is 0.191 e. The number of benzene rings is 2. The molecule has 2 aromatic carbocycles. The fourth-order valence-electron chi connectivity index (χ4n) is 3.72. The number of aliphatic imine (C=N–C) groups is 1. The minimum absolute atomic E-state index is 0.133. The zero-order chi connectivity index (χ0) is 21.3. The third-order valence-corrected chi connectivity index (χ3v) is 5.35. The third kappa shape index (κ3) is 5.66. The van der Waals surface area contributed by atoms with Crippen LogP contribution in [0.3, 0.4) is 0 Å². The van der Waals surface area contributed by atoms with E-state index in [0.29, 0.717) is 6.54 Å². The summed E-state index contributed by atoms with van der Waals surface area (Å²) in [5, 5.41) is 6.82. The molecular weight excluding hydrogens is 376 g/mol. The Labute approximate surface area is 180 Å². The number of fused-ring (bicyclic) bond motifs is 1. The van der Waals surface area contributed by atoms with Crippen LogP contribution in [0.4, 0.5) is 0 Å². The summed E-state index contributed by atoms with van der Waals surface area (Å²) >= 11 is 0. The van der Waals surface area contributed by atoms with Crippen molar-refractivity contribution in [2.24, 2.45) is 4.99 Å². The summed E-state index contributed by atoms with van der Waals surface area (Å²) < 4.78 is 11.2. The van der Waals surface area contributed by atoms with E-state index in [1.807, 2.05) is 18.2 Å². The first-order valence-corrected chi connectivity index (χ1v) is 10.7. The number of rotatable bonds is 9. The molecule has 0 bridgehead atoms. The Hall–Kier alpha value is -2.73. The Balaban J connectivity index is 1.62. The maximum absolute atomic E-state index is 5.60. The van der Waals surface area contributed by atoms with E-state index in [4.69, 9.17) is 14.5 Å². The molecular formula is C24H34N4O2. The van der Waals surface area contributed by atoms with Gasteiger partial charge in [-0.25, -0.2) is 0 Å². The molecule has 6 nitrogen and oxygen atoms in total. The molecule has 0 aliphatic carbocycles. The molecule has 162 valence electrons. The lowest BCUT2D eigenvalue weighted by Gasteiger charge is -2.25. The van der Waals surface area contributed by atoms with Crippen molar-refractivity contribution in [1.29, 1.82) is 0 Å². The second-order valence-corrected chi connectivity index (χ2v) is 7.66. The van der Waals surface area contributed by atoms with Gasteiger partial charge in [-0.3, -0.25) is 4.99 Å². The molecule has 0 radical (unpaired) electrons. The van der Waals surface area contributed by atoms with E-state index in [-0.39, 0.29) is 6.04 Å². The second kappa shape index (κ2) is 10.9. The Kier molecular flexibility index (Phi) is 7.97. The minimum atomic E-state index is 0.133. The Morgan fingerprint density at radius 3 is 2.80 bits per heavy atom. The molecule has 0 aromatic heterocycles. The van der Waals surface area contributed by atoms with Gasteiger partial charge in [-0.1, -0.05) is 30.3 Å². The van der Waals surface area contributed by atoms with Crippen LogP contribution >= 0.6 is 0 Å². The highest BCUT2D eigenvalue weighted by Crippen LogP contribution is 2.28. The van der Waals surface area contributed by atoms with Gasteiger partial charge in [-0.2, -0.15) is 0 Å². The first kappa shape index (κ1) is 22.0. The van der Waals surface area contributed by atoms with Crippen molar-refractivity contribution in [3.63, 3.8) is 0 Å². The molecule has 30 heavy (non-hydrogen) atoms. The summed E-state index contributed by atoms with van der Waals surface area (Å²) in [4.78, 5) is 7.03. The van der Waals surface area contributed by atoms with Gasteiger partial charge in [-0.15, -0.1) is 0 Å². The van der Waals surface area contributed by atoms with Crippen molar-refractivity contribution < 1.29 is 9.47 Å². The first-order chi connectivity index (χ1) is 14.6. The largest absolute Gasteiger partial charge is 0.496 e. The zero-order valence-electron chi connectivity index (χ0n) is 18.6. The molecule has 1 aliphatic heterocycles. The van der Waals surface area contributed by atoms with Gasteiger partial charge in [0.2, 0.25) is 0 Å². The first-order valence-electron chi connectivity index (χ1n) is 10.7. The lowest BCUT2D eigenvalue weighted by atomic mass is 10.0. The smallest absolute Gasteiger partial charge is 0.191 e. The van der Waals surface area contributed by atoms with E-state index in [1.165, 1.54) is 11.1 Å². The van der Waals surface area contributed by atoms with E-state index in [9.17, 15) is 0 Å². The molecule has 3 rings (SSSR count). The lowest BCUT2D eigenvalue weighted by Crippen LogP contribution is -2.39. The van der Waals surface area contributed by atoms with Gasteiger partial charge in [0.25, 0.3) is 0 Å². The molecule has 0 saturated carbocycles. The van der Waals surface area contributed by atoms with Crippen molar-refractivity contribution >= 4 is 5.96 Å². The maximum atomic E-state index is 5.60. The van der Waals surface area contributed by atoms with Gasteiger partial charge in [0.15, 0.2) is 5.96 Å². The van der Waals surface area contributed by atoms with Crippen LogP contribution < -0.4 is 20.1 Å². The number of hydrogen-bond donors (Lipinski definition) is 2. The zero-order valence-corrected chi connectivity index (χ0v) is 18.6. The Morgan fingerprint density at radius 1 is 1.20 bits per heavy atom. The highest BCUT2D eigenvalue weighted by molar-refractivity contribution is 5.79. The molecule has 1 unspecified atom stereocenters. The summed E-state index contributed by atoms with van der Waals surface area (Å²) in [6.07, 6.45) is 1.96. The van der Waals surface area contributed by atoms with Crippen molar-refractivity contribution in [2.75, 3.05) is 47.4 Å². The molecule has 2 aromatic rings. The summed E-state index contributed by atoms with van der Waals surface area (Å²) in [7, 11) is 5.86. The normalized spacial score (nSPS) is 14.2. The van der Waals surface area contributed by atoms with E-state index in [2.05, 4.69) is 60.8 Å². The average molecular weight is 411 g/mol. The van der Waals surface area contributed by atoms with E-state index < -0.39 is 0 Å². The predicted octanol–water partition coefficient (Wildman–Crippen LogP) is 3.03. The summed E-state index contributed by atoms with van der Waals surface area (Å²) in [6.45, 7) is 5.17. The van der Waals surface area contributed by atoms with Gasteiger partial charge in [0.1, 0.15) is 11.5 Å². The molecule has 0 saturated heterocycles. The van der Waals surface area contributed by atoms with Crippen LogP contribution in [0.15, 0.2) is 47.5 Å². The lowest BCUT2D eigenvalue weighted by molar-refractivity contribution is 0.295. The molecule has 0 spiro atoms. The van der Waals surface area contributed by atoms with Gasteiger partial charge < -0.3 is 25.0 Å². The molecule has 0 fully saturated rings. The van der Waals surface area contributed by atoms with Crippen LogP contribution in [0, 0.1) is 0 Å². The second-order valence-electron chi connectivity index (χ2n) is 7.66. The molecule has 1 heterocycles. The van der Waals surface area contributed by atoms with Crippen LogP contribution in [-0.2, 0) is 12.8 Å². The van der Waals surface area contributed by atoms with Crippen molar-refractivity contribution in [2.45, 2.75) is 25.8 Å². The van der Waals surface area contributed by atoms with E-state index >= 15 is 0 Å². The highest BCUT2D eigenvalue weighted by atomic mass is 16.5. The predicted molar refractivity (Wildman–Crippen MR) is 123 cm³/mol. The van der Waals surface area contributed by atoms with Gasteiger partial charge in [-0.05, 0) is 50.7 Å². The van der Waals surface area contributed by atoms with Crippen LogP contribution in [0.5, 0.6) is 11.5 Å². The standard InChI is InChI=1S/C24H34N4O2/c1-5-25-24(26-14-12-18-10-11-22-19(16-18)13-15-30-22)27-17-21(28(2)3)20-8-6-7-9-23(20)29-4/h6-11,16,21H,5,12-15,17H2,1-4H3,(H2,25,26,27). The number of nitrogens with zero attached hydrogens (tertiary/aromatic N) is 2. The van der Waals surface area contributed by atoms with Gasteiger partial charge in [0, 0.05) is 25.1 Å². The number of para-hydroxylation sites is 1. The molecule has 2 N–H and O–H groups in total. The quantitative estimate of drug-likeness (QED) is 0.492. The van der Waals surface area contributed by atoms with Crippen LogP contribution in [0.2, 0.25) is 0 Å². The molecule has 1 aliphatic rings. The van der Waals surface area contributed by atoms with Crippen molar-refractivity contribution in [1.82, 2.24) is 15.5 Å². The number of hydrogen-bond acceptors (Lipinski definition) is 4. The number of likely N-dealkylation sites (N-methyl/N-ethyl adjacent to an activating group) is 1. The Morgan fingerprint density at radius 2 is 2.03 bits per heavy atom. The van der Waals surface area contributed by atoms with E-state index in [0.717, 1.165) is 55.6 Å². The summed E-state index contributed by atoms with van der Waals surface area (Å²) in [6, 6.07) is 14.8. The third-order valence-electron chi connectivity index (χ3n) is 5.35. The number of nitrogens with one attached hydrogen (secondary N) is 2. The Bertz CT molecular complexity index is 851. The van der Waals surface area contributed by atoms with Crippen LogP contribution in [0.25, 0.3) is 0 Å². The van der Waals surface area contributed by atoms with Gasteiger partial charge in [0.05, 0.1) is 26.3 Å². The highest BCUT2D eigenvalue weighted by Gasteiger charge is 2.18. The number of ether oxygens (including phenoxy) is 2. The number of guanidine groups is 1. The van der Waals surface area contributed by atoms with Gasteiger partial charge >= 0.3 is 0 Å². The average Bonchev–Trinajstić information content (AvgIpc) is 3.22. The molecule has 0 amide bonds. The number of methoxy groups -OCH3 is 1. The fourth-order valence-corrected chi connectivity index (χ4v) is 3.72.